The van der Waals surface area contributed by atoms with Crippen LogP contribution in [0.3, 0.4) is 0 Å². The minimum atomic E-state index is -0.647. The van der Waals surface area contributed by atoms with E-state index in [-0.39, 0.29) is 34.6 Å². The molecular formula is C29H24FN9O2S. The third kappa shape index (κ3) is 4.42. The summed E-state index contributed by atoms with van der Waals surface area (Å²) in [6.07, 6.45) is 2.72. The summed E-state index contributed by atoms with van der Waals surface area (Å²) >= 11 is 1.33. The first-order valence-electron chi connectivity index (χ1n) is 13.0. The normalized spacial score (nSPS) is 12.2. The first kappa shape index (κ1) is 27.0. The third-order valence-electron chi connectivity index (χ3n) is 6.74. The van der Waals surface area contributed by atoms with Gasteiger partial charge in [-0.3, -0.25) is 9.20 Å². The maximum absolute atomic E-state index is 14.4. The molecule has 0 aliphatic heterocycles. The number of thiazole rings is 1. The number of nitrogens with zero attached hydrogens (tertiary/aromatic N) is 8. The number of fused-ring (bicyclic) bond motifs is 2. The first-order valence-corrected chi connectivity index (χ1v) is 13.9. The van der Waals surface area contributed by atoms with Crippen LogP contribution in [0.5, 0.6) is 5.88 Å². The summed E-state index contributed by atoms with van der Waals surface area (Å²) < 4.78 is 23.2. The molecule has 0 saturated carbocycles. The van der Waals surface area contributed by atoms with E-state index in [0.29, 0.717) is 38.5 Å². The van der Waals surface area contributed by atoms with Crippen LogP contribution in [0, 0.1) is 19.3 Å². The largest absolute Gasteiger partial charge is 0.484 e. The van der Waals surface area contributed by atoms with Gasteiger partial charge in [-0.15, -0.1) is 11.3 Å². The zero-order valence-electron chi connectivity index (χ0n) is 23.0. The lowest BCUT2D eigenvalue weighted by molar-refractivity contribution is 0.234. The van der Waals surface area contributed by atoms with Gasteiger partial charge in [0.1, 0.15) is 23.7 Å². The highest BCUT2D eigenvalue weighted by Crippen LogP contribution is 2.37. The van der Waals surface area contributed by atoms with Crippen molar-refractivity contribution in [3.8, 4) is 28.3 Å². The highest BCUT2D eigenvalue weighted by Gasteiger charge is 2.27. The summed E-state index contributed by atoms with van der Waals surface area (Å²) in [4.78, 5) is 35.9. The number of aromatic nitrogens is 7. The lowest BCUT2D eigenvalue weighted by Crippen LogP contribution is -2.23. The molecule has 0 bridgehead atoms. The summed E-state index contributed by atoms with van der Waals surface area (Å²) in [6, 6.07) is 6.85. The Hall–Kier alpha value is -5.22. The summed E-state index contributed by atoms with van der Waals surface area (Å²) in [5, 5.41) is 7.16. The molecule has 210 valence electrons. The minimum Gasteiger partial charge on any atom is -0.484 e. The van der Waals surface area contributed by atoms with E-state index in [9.17, 15) is 9.18 Å². The SMILES string of the molecule is [C-]#[N+]c1cc(-c2nn([C@@H](C)c3nc4scc(C)n4c(=O)c3-c3cccc(F)c3)c3ncnc(N)c23)cnc1OC(C)C. The molecule has 0 aliphatic rings. The number of nitrogens with two attached hydrogens (primary N) is 1. The van der Waals surface area contributed by atoms with Crippen LogP contribution in [0.2, 0.25) is 0 Å². The van der Waals surface area contributed by atoms with Crippen LogP contribution < -0.4 is 16.0 Å². The van der Waals surface area contributed by atoms with Crippen molar-refractivity contribution in [1.29, 1.82) is 0 Å². The highest BCUT2D eigenvalue weighted by molar-refractivity contribution is 7.15. The second-order valence-electron chi connectivity index (χ2n) is 9.94. The first-order chi connectivity index (χ1) is 20.2. The number of aryl methyl sites for hydroxylation is 1. The van der Waals surface area contributed by atoms with Gasteiger partial charge < -0.3 is 10.5 Å². The molecule has 0 spiro atoms. The van der Waals surface area contributed by atoms with Gasteiger partial charge in [-0.05, 0) is 51.5 Å². The van der Waals surface area contributed by atoms with E-state index in [1.54, 1.807) is 29.1 Å². The van der Waals surface area contributed by atoms with Crippen LogP contribution in [0.15, 0.2) is 53.0 Å². The van der Waals surface area contributed by atoms with Gasteiger partial charge in [0.15, 0.2) is 10.6 Å². The molecule has 5 heterocycles. The number of halogens is 1. The number of ether oxygens (including phenoxy) is 1. The molecule has 13 heteroatoms. The van der Waals surface area contributed by atoms with Crippen LogP contribution in [0.25, 0.3) is 43.2 Å². The van der Waals surface area contributed by atoms with Crippen LogP contribution in [0.4, 0.5) is 15.9 Å². The van der Waals surface area contributed by atoms with Gasteiger partial charge in [-0.2, -0.15) is 5.10 Å². The van der Waals surface area contributed by atoms with E-state index in [1.165, 1.54) is 34.2 Å². The number of anilines is 1. The summed E-state index contributed by atoms with van der Waals surface area (Å²) in [5.74, 6) is -0.0740. The average molecular weight is 582 g/mol. The number of hydrogen-bond acceptors (Lipinski definition) is 9. The standard InChI is InChI=1S/C29H24FN9O2S/c1-14(2)41-27-20(32-5)10-18(11-33-27)24-22-25(31)34-13-35-26(22)39(37-24)16(4)23-21(17-7-6-8-19(30)9-17)28(40)38-15(3)12-42-29(38)36-23/h6-14,16H,1-4H3,(H2,31,34,35)/t16-/m0/s1. The Labute approximate surface area is 242 Å². The Morgan fingerprint density at radius 2 is 1.95 bits per heavy atom. The van der Waals surface area contributed by atoms with Crippen molar-refractivity contribution in [3.63, 3.8) is 0 Å². The molecule has 0 amide bonds. The Bertz CT molecular complexity index is 2110. The Kier molecular flexibility index (Phi) is 6.62. The summed E-state index contributed by atoms with van der Waals surface area (Å²) in [5.41, 5.74) is 9.30. The molecule has 5 aromatic heterocycles. The van der Waals surface area contributed by atoms with E-state index < -0.39 is 11.9 Å². The van der Waals surface area contributed by atoms with Gasteiger partial charge in [0.05, 0.1) is 35.4 Å². The van der Waals surface area contributed by atoms with E-state index in [1.807, 2.05) is 33.1 Å². The number of benzene rings is 1. The molecule has 42 heavy (non-hydrogen) atoms. The third-order valence-corrected chi connectivity index (χ3v) is 7.68. The molecule has 0 unspecified atom stereocenters. The van der Waals surface area contributed by atoms with E-state index >= 15 is 0 Å². The van der Waals surface area contributed by atoms with Crippen molar-refractivity contribution in [2.24, 2.45) is 0 Å². The number of rotatable bonds is 6. The van der Waals surface area contributed by atoms with Crippen molar-refractivity contribution in [3.05, 3.63) is 87.2 Å². The lowest BCUT2D eigenvalue weighted by atomic mass is 10.0. The Morgan fingerprint density at radius 3 is 2.69 bits per heavy atom. The van der Waals surface area contributed by atoms with Crippen LogP contribution in [-0.2, 0) is 0 Å². The smallest absolute Gasteiger partial charge is 0.266 e. The van der Waals surface area contributed by atoms with Gasteiger partial charge in [0.2, 0.25) is 11.6 Å². The van der Waals surface area contributed by atoms with E-state index in [4.69, 9.17) is 27.1 Å². The predicted octanol–water partition coefficient (Wildman–Crippen LogP) is 5.60. The number of hydrogen-bond donors (Lipinski definition) is 1. The van der Waals surface area contributed by atoms with Gasteiger partial charge in [0.25, 0.3) is 5.56 Å². The molecule has 2 N–H and O–H groups in total. The molecule has 0 saturated heterocycles. The second kappa shape index (κ2) is 10.3. The van der Waals surface area contributed by atoms with Crippen LogP contribution in [-0.4, -0.2) is 40.2 Å². The molecule has 11 nitrogen and oxygen atoms in total. The molecule has 1 atom stereocenters. The lowest BCUT2D eigenvalue weighted by Gasteiger charge is -2.17. The van der Waals surface area contributed by atoms with E-state index in [2.05, 4.69) is 19.8 Å². The zero-order valence-corrected chi connectivity index (χ0v) is 23.8. The fraction of sp³-hybridized carbons (Fsp3) is 0.207. The van der Waals surface area contributed by atoms with Gasteiger partial charge in [0, 0.05) is 22.8 Å². The summed E-state index contributed by atoms with van der Waals surface area (Å²) in [6.45, 7) is 15.0. The topological polar surface area (TPSA) is 130 Å². The number of pyridine rings is 1. The Balaban J connectivity index is 1.59. The molecule has 6 aromatic rings. The summed E-state index contributed by atoms with van der Waals surface area (Å²) in [7, 11) is 0. The van der Waals surface area contributed by atoms with Crippen molar-refractivity contribution in [2.75, 3.05) is 5.73 Å². The molecular weight excluding hydrogens is 557 g/mol. The van der Waals surface area contributed by atoms with Crippen molar-refractivity contribution in [2.45, 2.75) is 39.8 Å². The average Bonchev–Trinajstić information content (AvgIpc) is 3.54. The quantitative estimate of drug-likeness (QED) is 0.252. The molecule has 0 radical (unpaired) electrons. The van der Waals surface area contributed by atoms with Gasteiger partial charge >= 0.3 is 0 Å². The van der Waals surface area contributed by atoms with Gasteiger partial charge in [-0.1, -0.05) is 12.1 Å². The van der Waals surface area contributed by atoms with Crippen molar-refractivity contribution in [1.82, 2.24) is 34.1 Å². The molecule has 0 aliphatic carbocycles. The van der Waals surface area contributed by atoms with Crippen molar-refractivity contribution >= 4 is 38.8 Å². The fourth-order valence-corrected chi connectivity index (χ4v) is 5.73. The maximum Gasteiger partial charge on any atom is 0.266 e. The van der Waals surface area contributed by atoms with Crippen LogP contribution in [0.1, 0.15) is 38.2 Å². The Morgan fingerprint density at radius 1 is 1.14 bits per heavy atom. The van der Waals surface area contributed by atoms with Gasteiger partial charge in [-0.25, -0.2) is 33.9 Å². The zero-order chi connectivity index (χ0) is 29.7. The van der Waals surface area contributed by atoms with Crippen molar-refractivity contribution < 1.29 is 9.13 Å². The van der Waals surface area contributed by atoms with E-state index in [0.717, 1.165) is 5.69 Å². The molecule has 6 rings (SSSR count). The molecule has 1 aromatic carbocycles. The predicted molar refractivity (Wildman–Crippen MR) is 158 cm³/mol. The maximum atomic E-state index is 14.4. The molecule has 0 fully saturated rings. The fourth-order valence-electron chi connectivity index (χ4n) is 4.86. The minimum absolute atomic E-state index is 0.165. The van der Waals surface area contributed by atoms with Crippen LogP contribution >= 0.6 is 11.3 Å². The second-order valence-corrected chi connectivity index (χ2v) is 10.8. The highest BCUT2D eigenvalue weighted by atomic mass is 32.1. The monoisotopic (exact) mass is 581 g/mol. The number of nitrogen functional groups attached to an aromatic ring is 1.